The van der Waals surface area contributed by atoms with Crippen molar-refractivity contribution >= 4 is 16.6 Å². The van der Waals surface area contributed by atoms with Crippen LogP contribution in [0.2, 0.25) is 0 Å². The zero-order valence-electron chi connectivity index (χ0n) is 15.3. The second-order valence-corrected chi connectivity index (χ2v) is 7.24. The maximum absolute atomic E-state index is 4.73. The molecule has 136 valence electrons. The molecule has 27 heavy (non-hydrogen) atoms. The van der Waals surface area contributed by atoms with Crippen molar-refractivity contribution in [3.8, 4) is 0 Å². The molecule has 1 saturated heterocycles. The maximum atomic E-state index is 4.73. The lowest BCUT2D eigenvalue weighted by Crippen LogP contribution is -2.45. The highest BCUT2D eigenvalue weighted by atomic mass is 15.3. The Hall–Kier alpha value is -2.76. The molecule has 1 aliphatic heterocycles. The fraction of sp³-hybridized carbons (Fsp3) is 0.273. The number of imidazole rings is 1. The van der Waals surface area contributed by atoms with E-state index >= 15 is 0 Å². The van der Waals surface area contributed by atoms with Gasteiger partial charge in [0.1, 0.15) is 5.65 Å². The number of piperazine rings is 1. The molecular formula is C22H23N5. The van der Waals surface area contributed by atoms with E-state index in [0.717, 1.165) is 56.1 Å². The smallest absolute Gasteiger partial charge is 0.137 e. The van der Waals surface area contributed by atoms with Gasteiger partial charge in [0.05, 0.1) is 11.2 Å². The molecular weight excluding hydrogens is 334 g/mol. The standard InChI is InChI=1S/C22H23N5/c1-2-10-27-17-20(24-21(27)8-1)16-26-13-11-25(12-14-26)15-19-6-3-5-18-7-4-9-23-22(18)19/h1-10,17H,11-16H2. The first-order chi connectivity index (χ1) is 13.3. The predicted molar refractivity (Wildman–Crippen MR) is 107 cm³/mol. The van der Waals surface area contributed by atoms with Crippen LogP contribution in [0.5, 0.6) is 0 Å². The fourth-order valence-electron chi connectivity index (χ4n) is 3.93. The largest absolute Gasteiger partial charge is 0.307 e. The molecule has 0 N–H and O–H groups in total. The summed E-state index contributed by atoms with van der Waals surface area (Å²) in [5, 5.41) is 1.22. The number of rotatable bonds is 4. The summed E-state index contributed by atoms with van der Waals surface area (Å²) in [7, 11) is 0. The van der Waals surface area contributed by atoms with Crippen LogP contribution < -0.4 is 0 Å². The molecule has 4 heterocycles. The van der Waals surface area contributed by atoms with Crippen molar-refractivity contribution in [2.24, 2.45) is 0 Å². The quantitative estimate of drug-likeness (QED) is 0.562. The van der Waals surface area contributed by atoms with Crippen LogP contribution >= 0.6 is 0 Å². The van der Waals surface area contributed by atoms with Crippen LogP contribution in [0, 0.1) is 0 Å². The Bertz CT molecular complexity index is 1020. The predicted octanol–water partition coefficient (Wildman–Crippen LogP) is 3.20. The van der Waals surface area contributed by atoms with Gasteiger partial charge in [-0.3, -0.25) is 14.8 Å². The Labute approximate surface area is 158 Å². The summed E-state index contributed by atoms with van der Waals surface area (Å²) in [4.78, 5) is 14.3. The summed E-state index contributed by atoms with van der Waals surface area (Å²) in [5.74, 6) is 0. The highest BCUT2D eigenvalue weighted by molar-refractivity contribution is 5.81. The summed E-state index contributed by atoms with van der Waals surface area (Å²) in [6.07, 6.45) is 6.09. The van der Waals surface area contributed by atoms with E-state index in [4.69, 9.17) is 4.98 Å². The minimum Gasteiger partial charge on any atom is -0.307 e. The number of benzene rings is 1. The van der Waals surface area contributed by atoms with E-state index in [9.17, 15) is 0 Å². The highest BCUT2D eigenvalue weighted by Crippen LogP contribution is 2.19. The van der Waals surface area contributed by atoms with Crippen molar-refractivity contribution < 1.29 is 0 Å². The van der Waals surface area contributed by atoms with E-state index in [1.807, 2.05) is 24.4 Å². The van der Waals surface area contributed by atoms with Crippen LogP contribution in [0.15, 0.2) is 67.1 Å². The summed E-state index contributed by atoms with van der Waals surface area (Å²) in [6.45, 7) is 6.20. The fourth-order valence-corrected chi connectivity index (χ4v) is 3.93. The second-order valence-electron chi connectivity index (χ2n) is 7.24. The van der Waals surface area contributed by atoms with Gasteiger partial charge in [-0.1, -0.05) is 30.3 Å². The van der Waals surface area contributed by atoms with E-state index < -0.39 is 0 Å². The first-order valence-electron chi connectivity index (χ1n) is 9.55. The average Bonchev–Trinajstić information content (AvgIpc) is 3.12. The van der Waals surface area contributed by atoms with Crippen LogP contribution in [-0.2, 0) is 13.1 Å². The summed E-state index contributed by atoms with van der Waals surface area (Å²) in [6, 6.07) is 16.8. The zero-order chi connectivity index (χ0) is 18.1. The van der Waals surface area contributed by atoms with Crippen LogP contribution in [0.25, 0.3) is 16.6 Å². The van der Waals surface area contributed by atoms with Crippen molar-refractivity contribution in [2.45, 2.75) is 13.1 Å². The molecule has 0 unspecified atom stereocenters. The molecule has 1 fully saturated rings. The number of fused-ring (bicyclic) bond motifs is 2. The SMILES string of the molecule is c1cnc2c(CN3CCN(Cc4cn5ccccc5n4)CC3)cccc2c1. The maximum Gasteiger partial charge on any atom is 0.137 e. The number of para-hydroxylation sites is 1. The van der Waals surface area contributed by atoms with E-state index in [-0.39, 0.29) is 0 Å². The number of nitrogens with zero attached hydrogens (tertiary/aromatic N) is 5. The minimum atomic E-state index is 0.922. The number of hydrogen-bond donors (Lipinski definition) is 0. The van der Waals surface area contributed by atoms with Gasteiger partial charge in [0.15, 0.2) is 0 Å². The molecule has 0 bridgehead atoms. The van der Waals surface area contributed by atoms with Crippen molar-refractivity contribution in [1.29, 1.82) is 0 Å². The Kier molecular flexibility index (Phi) is 4.32. The van der Waals surface area contributed by atoms with E-state index in [1.165, 1.54) is 10.9 Å². The highest BCUT2D eigenvalue weighted by Gasteiger charge is 2.18. The van der Waals surface area contributed by atoms with Gasteiger partial charge in [-0.05, 0) is 23.8 Å². The van der Waals surface area contributed by atoms with Gasteiger partial charge >= 0.3 is 0 Å². The molecule has 5 heteroatoms. The lowest BCUT2D eigenvalue weighted by atomic mass is 10.1. The molecule has 1 aromatic carbocycles. The molecule has 0 radical (unpaired) electrons. The van der Waals surface area contributed by atoms with Gasteiger partial charge in [-0.25, -0.2) is 4.98 Å². The average molecular weight is 357 g/mol. The summed E-state index contributed by atoms with van der Waals surface area (Å²) >= 11 is 0. The molecule has 3 aromatic heterocycles. The minimum absolute atomic E-state index is 0.922. The second kappa shape index (κ2) is 7.10. The third-order valence-electron chi connectivity index (χ3n) is 5.37. The molecule has 1 aliphatic rings. The summed E-state index contributed by atoms with van der Waals surface area (Å²) < 4.78 is 2.10. The Balaban J connectivity index is 1.22. The molecule has 5 rings (SSSR count). The van der Waals surface area contributed by atoms with Crippen LogP contribution in [0.1, 0.15) is 11.3 Å². The van der Waals surface area contributed by atoms with Crippen molar-refractivity contribution in [1.82, 2.24) is 24.2 Å². The molecule has 5 nitrogen and oxygen atoms in total. The molecule has 4 aromatic rings. The van der Waals surface area contributed by atoms with Gasteiger partial charge in [0.25, 0.3) is 0 Å². The van der Waals surface area contributed by atoms with Gasteiger partial charge in [0.2, 0.25) is 0 Å². The Morgan fingerprint density at radius 1 is 0.815 bits per heavy atom. The van der Waals surface area contributed by atoms with Crippen LogP contribution in [-0.4, -0.2) is 50.3 Å². The molecule has 0 aliphatic carbocycles. The number of hydrogen-bond acceptors (Lipinski definition) is 4. The van der Waals surface area contributed by atoms with E-state index in [1.54, 1.807) is 0 Å². The van der Waals surface area contributed by atoms with Crippen molar-refractivity contribution in [3.05, 3.63) is 78.4 Å². The zero-order valence-corrected chi connectivity index (χ0v) is 15.3. The lowest BCUT2D eigenvalue weighted by Gasteiger charge is -2.34. The monoisotopic (exact) mass is 357 g/mol. The topological polar surface area (TPSA) is 36.7 Å². The molecule has 0 spiro atoms. The van der Waals surface area contributed by atoms with Crippen LogP contribution in [0.3, 0.4) is 0 Å². The number of aromatic nitrogens is 3. The third kappa shape index (κ3) is 3.44. The van der Waals surface area contributed by atoms with Crippen LogP contribution in [0.4, 0.5) is 0 Å². The van der Waals surface area contributed by atoms with E-state index in [0.29, 0.717) is 0 Å². The molecule has 0 saturated carbocycles. The molecule has 0 atom stereocenters. The first kappa shape index (κ1) is 16.4. The Morgan fingerprint density at radius 2 is 1.63 bits per heavy atom. The lowest BCUT2D eigenvalue weighted by molar-refractivity contribution is 0.121. The van der Waals surface area contributed by atoms with Gasteiger partial charge in [0, 0.05) is 63.2 Å². The van der Waals surface area contributed by atoms with Crippen molar-refractivity contribution in [2.75, 3.05) is 26.2 Å². The van der Waals surface area contributed by atoms with Gasteiger partial charge in [-0.15, -0.1) is 0 Å². The van der Waals surface area contributed by atoms with Crippen molar-refractivity contribution in [3.63, 3.8) is 0 Å². The van der Waals surface area contributed by atoms with E-state index in [2.05, 4.69) is 61.9 Å². The first-order valence-corrected chi connectivity index (χ1v) is 9.55. The van der Waals surface area contributed by atoms with Gasteiger partial charge < -0.3 is 4.40 Å². The number of pyridine rings is 2. The van der Waals surface area contributed by atoms with Gasteiger partial charge in [-0.2, -0.15) is 0 Å². The normalized spacial score (nSPS) is 16.3. The third-order valence-corrected chi connectivity index (χ3v) is 5.37. The molecule has 0 amide bonds. The summed E-state index contributed by atoms with van der Waals surface area (Å²) in [5.41, 5.74) is 4.62. The Morgan fingerprint density at radius 3 is 2.48 bits per heavy atom.